The smallest absolute Gasteiger partial charge is 0.756 e. The number of unbranched alkanes of at least 4 members (excludes halogenated alkanes) is 6. The molecule has 0 amide bonds. The first-order chi connectivity index (χ1) is 8.12. The van der Waals surface area contributed by atoms with Crippen LogP contribution in [0, 0.1) is 0 Å². The maximum absolute atomic E-state index is 11.3. The van der Waals surface area contributed by atoms with Crippen molar-refractivity contribution >= 4 is 7.82 Å². The van der Waals surface area contributed by atoms with Crippen LogP contribution in [0.4, 0.5) is 0 Å². The van der Waals surface area contributed by atoms with E-state index >= 15 is 0 Å². The van der Waals surface area contributed by atoms with Gasteiger partial charge >= 0.3 is 29.6 Å². The summed E-state index contributed by atoms with van der Waals surface area (Å²) in [5.74, 6) is 0. The van der Waals surface area contributed by atoms with E-state index in [1.54, 1.807) is 0 Å². The number of hydrogen-bond acceptors (Lipinski definition) is 4. The van der Waals surface area contributed by atoms with Crippen LogP contribution in [0.1, 0.15) is 65.2 Å². The molecule has 0 rings (SSSR count). The summed E-state index contributed by atoms with van der Waals surface area (Å²) in [5.41, 5.74) is 0. The van der Waals surface area contributed by atoms with Gasteiger partial charge in [0.1, 0.15) is 0 Å². The number of hydrogen-bond donors (Lipinski definition) is 0. The summed E-state index contributed by atoms with van der Waals surface area (Å²) in [6.45, 7) is 4.71. The molecular weight excluding hydrogens is 262 g/mol. The molecular formula is C12H26NaO4P. The van der Waals surface area contributed by atoms with Crippen LogP contribution in [-0.4, -0.2) is 13.2 Å². The second kappa shape index (κ2) is 14.5. The Morgan fingerprint density at radius 2 is 1.22 bits per heavy atom. The molecule has 0 bridgehead atoms. The molecule has 0 saturated heterocycles. The van der Waals surface area contributed by atoms with Gasteiger partial charge in [0.15, 0.2) is 0 Å². The SMILES string of the molecule is CCCCCCOP(=O)([O-])OCCCCCC.[Na+]. The van der Waals surface area contributed by atoms with Crippen molar-refractivity contribution in [1.82, 2.24) is 0 Å². The first kappa shape index (κ1) is 21.4. The van der Waals surface area contributed by atoms with Crippen LogP contribution in [-0.2, 0) is 13.6 Å². The summed E-state index contributed by atoms with van der Waals surface area (Å²) in [7, 11) is -4.04. The molecule has 0 unspecified atom stereocenters. The van der Waals surface area contributed by atoms with E-state index in [1.165, 1.54) is 0 Å². The Morgan fingerprint density at radius 3 is 1.56 bits per heavy atom. The van der Waals surface area contributed by atoms with Crippen molar-refractivity contribution in [2.24, 2.45) is 0 Å². The van der Waals surface area contributed by atoms with E-state index in [9.17, 15) is 9.46 Å². The summed E-state index contributed by atoms with van der Waals surface area (Å²) >= 11 is 0. The average Bonchev–Trinajstić information content (AvgIpc) is 2.28. The fraction of sp³-hybridized carbons (Fsp3) is 1.00. The van der Waals surface area contributed by atoms with Gasteiger partial charge in [0.25, 0.3) is 7.82 Å². The minimum absolute atomic E-state index is 0. The molecule has 18 heavy (non-hydrogen) atoms. The summed E-state index contributed by atoms with van der Waals surface area (Å²) in [5, 5.41) is 0. The summed E-state index contributed by atoms with van der Waals surface area (Å²) in [4.78, 5) is 11.3. The van der Waals surface area contributed by atoms with E-state index in [1.807, 2.05) is 0 Å². The molecule has 0 fully saturated rings. The predicted octanol–water partition coefficient (Wildman–Crippen LogP) is 0.653. The molecule has 0 aliphatic heterocycles. The van der Waals surface area contributed by atoms with Crippen molar-refractivity contribution in [3.8, 4) is 0 Å². The fourth-order valence-electron chi connectivity index (χ4n) is 1.45. The van der Waals surface area contributed by atoms with Gasteiger partial charge in [-0.15, -0.1) is 0 Å². The number of rotatable bonds is 12. The van der Waals surface area contributed by atoms with Gasteiger partial charge in [-0.25, -0.2) is 0 Å². The van der Waals surface area contributed by atoms with Crippen LogP contribution < -0.4 is 34.5 Å². The molecule has 0 aliphatic rings. The number of phosphoric ester groups is 1. The van der Waals surface area contributed by atoms with Gasteiger partial charge in [0.05, 0.1) is 13.2 Å². The van der Waals surface area contributed by atoms with Crippen LogP contribution in [0.25, 0.3) is 0 Å². The van der Waals surface area contributed by atoms with Crippen LogP contribution in [0.5, 0.6) is 0 Å². The zero-order chi connectivity index (χ0) is 13.0. The van der Waals surface area contributed by atoms with Crippen LogP contribution in [0.15, 0.2) is 0 Å². The minimum Gasteiger partial charge on any atom is -0.756 e. The van der Waals surface area contributed by atoms with Gasteiger partial charge in [-0.3, -0.25) is 4.57 Å². The van der Waals surface area contributed by atoms with E-state index in [4.69, 9.17) is 9.05 Å². The Balaban J connectivity index is 0. The molecule has 4 nitrogen and oxygen atoms in total. The van der Waals surface area contributed by atoms with E-state index < -0.39 is 7.82 Å². The third-order valence-electron chi connectivity index (χ3n) is 2.49. The molecule has 0 aliphatic carbocycles. The molecule has 6 heteroatoms. The van der Waals surface area contributed by atoms with Gasteiger partial charge in [-0.1, -0.05) is 52.4 Å². The van der Waals surface area contributed by atoms with Gasteiger partial charge in [-0.2, -0.15) is 0 Å². The first-order valence-corrected chi connectivity index (χ1v) is 8.18. The van der Waals surface area contributed by atoms with Gasteiger partial charge < -0.3 is 13.9 Å². The van der Waals surface area contributed by atoms with Gasteiger partial charge in [0.2, 0.25) is 0 Å². The third-order valence-corrected chi connectivity index (χ3v) is 3.49. The van der Waals surface area contributed by atoms with Gasteiger partial charge in [-0.05, 0) is 12.8 Å². The predicted molar refractivity (Wildman–Crippen MR) is 67.8 cm³/mol. The quantitative estimate of drug-likeness (QED) is 0.301. The van der Waals surface area contributed by atoms with Crippen molar-refractivity contribution in [2.75, 3.05) is 13.2 Å². The van der Waals surface area contributed by atoms with E-state index in [0.29, 0.717) is 0 Å². The Labute approximate surface area is 134 Å². The fourth-order valence-corrected chi connectivity index (χ4v) is 2.23. The average molecular weight is 288 g/mol. The molecule has 104 valence electrons. The molecule has 0 radical (unpaired) electrons. The largest absolute Gasteiger partial charge is 1.00 e. The van der Waals surface area contributed by atoms with Crippen molar-refractivity contribution < 1.29 is 48.1 Å². The summed E-state index contributed by atoms with van der Waals surface area (Å²) in [6, 6.07) is 0. The van der Waals surface area contributed by atoms with Crippen LogP contribution >= 0.6 is 7.82 Å². The maximum Gasteiger partial charge on any atom is 1.00 e. The summed E-state index contributed by atoms with van der Waals surface area (Å²) in [6.07, 6.45) is 8.05. The van der Waals surface area contributed by atoms with Gasteiger partial charge in [0, 0.05) is 0 Å². The second-order valence-electron chi connectivity index (χ2n) is 4.23. The maximum atomic E-state index is 11.3. The topological polar surface area (TPSA) is 58.6 Å². The molecule has 0 saturated carbocycles. The minimum atomic E-state index is -4.04. The van der Waals surface area contributed by atoms with Crippen molar-refractivity contribution in [3.63, 3.8) is 0 Å². The first-order valence-electron chi connectivity index (χ1n) is 6.72. The molecule has 0 heterocycles. The molecule has 0 spiro atoms. The molecule has 0 N–H and O–H groups in total. The Morgan fingerprint density at radius 1 is 0.833 bits per heavy atom. The second-order valence-corrected chi connectivity index (χ2v) is 5.65. The normalized spacial score (nSPS) is 11.3. The van der Waals surface area contributed by atoms with E-state index in [0.717, 1.165) is 51.4 Å². The molecule has 0 aromatic rings. The summed E-state index contributed by atoms with van der Waals surface area (Å²) < 4.78 is 20.8. The standard InChI is InChI=1S/C12H27O4P.Na/c1-3-5-7-9-11-15-17(13,14)16-12-10-8-6-4-2;/h3-12H2,1-2H3,(H,13,14);/q;+1/p-1. The third kappa shape index (κ3) is 15.2. The Kier molecular flexibility index (Phi) is 17.3. The van der Waals surface area contributed by atoms with E-state index in [2.05, 4.69) is 13.8 Å². The van der Waals surface area contributed by atoms with Crippen molar-refractivity contribution in [2.45, 2.75) is 65.2 Å². The molecule has 0 aromatic carbocycles. The monoisotopic (exact) mass is 288 g/mol. The number of phosphoric acid groups is 1. The van der Waals surface area contributed by atoms with Crippen molar-refractivity contribution in [3.05, 3.63) is 0 Å². The van der Waals surface area contributed by atoms with Crippen LogP contribution in [0.3, 0.4) is 0 Å². The van der Waals surface area contributed by atoms with Crippen LogP contribution in [0.2, 0.25) is 0 Å². The zero-order valence-electron chi connectivity index (χ0n) is 12.2. The zero-order valence-corrected chi connectivity index (χ0v) is 15.0. The van der Waals surface area contributed by atoms with E-state index in [-0.39, 0.29) is 42.8 Å². The Bertz CT molecular complexity index is 196. The Hall–Kier alpha value is 1.11. The molecule has 0 atom stereocenters. The molecule has 0 aromatic heterocycles. The van der Waals surface area contributed by atoms with Crippen molar-refractivity contribution in [1.29, 1.82) is 0 Å².